The molecule has 0 aliphatic carbocycles. The van der Waals surface area contributed by atoms with Crippen LogP contribution in [0, 0.1) is 5.92 Å². The summed E-state index contributed by atoms with van der Waals surface area (Å²) in [5, 5.41) is 6.61. The fraction of sp³-hybridized carbons (Fsp3) is 0.733. The highest BCUT2D eigenvalue weighted by Crippen LogP contribution is 2.16. The van der Waals surface area contributed by atoms with E-state index in [0.717, 1.165) is 0 Å². The lowest BCUT2D eigenvalue weighted by molar-refractivity contribution is -0.131. The van der Waals surface area contributed by atoms with E-state index in [1.165, 1.54) is 6.92 Å². The van der Waals surface area contributed by atoms with Crippen molar-refractivity contribution in [2.24, 2.45) is 11.7 Å². The Hall–Kier alpha value is -1.71. The van der Waals surface area contributed by atoms with Crippen LogP contribution >= 0.6 is 12.4 Å². The van der Waals surface area contributed by atoms with Crippen molar-refractivity contribution in [2.45, 2.75) is 38.8 Å². The summed E-state index contributed by atoms with van der Waals surface area (Å²) in [4.78, 5) is 29.8. The summed E-state index contributed by atoms with van der Waals surface area (Å²) in [5.74, 6) is 0.419. The number of likely N-dealkylation sites (tertiary alicyclic amines) is 1. The van der Waals surface area contributed by atoms with Crippen molar-refractivity contribution in [3.8, 4) is 0 Å². The summed E-state index contributed by atoms with van der Waals surface area (Å²) >= 11 is 0. The van der Waals surface area contributed by atoms with Crippen LogP contribution in [0.5, 0.6) is 0 Å². The second-order valence-corrected chi connectivity index (χ2v) is 6.02. The van der Waals surface area contributed by atoms with Crippen molar-refractivity contribution < 1.29 is 18.8 Å². The second kappa shape index (κ2) is 10.3. The van der Waals surface area contributed by atoms with Crippen LogP contribution in [-0.2, 0) is 27.3 Å². The minimum absolute atomic E-state index is 0. The molecule has 9 nitrogen and oxygen atoms in total. The van der Waals surface area contributed by atoms with Crippen LogP contribution in [0.2, 0.25) is 0 Å². The van der Waals surface area contributed by atoms with Crippen molar-refractivity contribution in [3.05, 3.63) is 11.7 Å². The molecule has 142 valence electrons. The Kier molecular flexibility index (Phi) is 8.81. The fourth-order valence-corrected chi connectivity index (χ4v) is 2.66. The zero-order chi connectivity index (χ0) is 17.5. The summed E-state index contributed by atoms with van der Waals surface area (Å²) in [7, 11) is 1.60. The van der Waals surface area contributed by atoms with E-state index in [9.17, 15) is 9.59 Å². The summed E-state index contributed by atoms with van der Waals surface area (Å²) in [6.07, 6.45) is 1.92. The van der Waals surface area contributed by atoms with E-state index >= 15 is 0 Å². The van der Waals surface area contributed by atoms with E-state index in [-0.39, 0.29) is 42.7 Å². The molecule has 2 atom stereocenters. The van der Waals surface area contributed by atoms with Gasteiger partial charge in [-0.2, -0.15) is 4.98 Å². The van der Waals surface area contributed by atoms with Gasteiger partial charge >= 0.3 is 0 Å². The molecule has 0 bridgehead atoms. The minimum atomic E-state index is -0.279. The SMILES string of the molecule is COCCc1noc(CNC(=O)[C@@H]2CC[C@H](N)CN(C(C)=O)C2)n1.Cl. The number of carbonyl (C=O) groups is 2. The Bertz CT molecular complexity index is 568. The quantitative estimate of drug-likeness (QED) is 0.710. The number of nitrogens with one attached hydrogen (secondary N) is 1. The zero-order valence-electron chi connectivity index (χ0n) is 14.6. The summed E-state index contributed by atoms with van der Waals surface area (Å²) < 4.78 is 10.0. The van der Waals surface area contributed by atoms with Crippen LogP contribution in [0.1, 0.15) is 31.5 Å². The van der Waals surface area contributed by atoms with E-state index in [2.05, 4.69) is 15.5 Å². The second-order valence-electron chi connectivity index (χ2n) is 6.02. The number of carbonyl (C=O) groups excluding carboxylic acids is 2. The molecule has 1 saturated heterocycles. The Morgan fingerprint density at radius 1 is 1.40 bits per heavy atom. The third-order valence-corrected chi connectivity index (χ3v) is 4.05. The third kappa shape index (κ3) is 6.60. The van der Waals surface area contributed by atoms with Crippen molar-refractivity contribution in [1.29, 1.82) is 0 Å². The number of nitrogens with two attached hydrogens (primary N) is 1. The number of amides is 2. The molecule has 1 fully saturated rings. The van der Waals surface area contributed by atoms with Crippen molar-refractivity contribution in [3.63, 3.8) is 0 Å². The highest BCUT2D eigenvalue weighted by molar-refractivity contribution is 5.85. The number of rotatable bonds is 6. The molecular weight excluding hydrogens is 350 g/mol. The monoisotopic (exact) mass is 375 g/mol. The molecule has 1 aliphatic rings. The Morgan fingerprint density at radius 3 is 2.84 bits per heavy atom. The molecule has 1 aliphatic heterocycles. The van der Waals surface area contributed by atoms with Gasteiger partial charge < -0.3 is 25.2 Å². The van der Waals surface area contributed by atoms with Gasteiger partial charge in [-0.1, -0.05) is 5.16 Å². The maximum Gasteiger partial charge on any atom is 0.246 e. The molecule has 1 aromatic heterocycles. The summed E-state index contributed by atoms with van der Waals surface area (Å²) in [6, 6.07) is -0.0917. The first-order chi connectivity index (χ1) is 11.5. The highest BCUT2D eigenvalue weighted by atomic mass is 35.5. The van der Waals surface area contributed by atoms with Crippen LogP contribution in [0.25, 0.3) is 0 Å². The Morgan fingerprint density at radius 2 is 2.16 bits per heavy atom. The van der Waals surface area contributed by atoms with Gasteiger partial charge in [0.05, 0.1) is 19.1 Å². The van der Waals surface area contributed by atoms with Crippen LogP contribution in [-0.4, -0.2) is 59.7 Å². The van der Waals surface area contributed by atoms with Gasteiger partial charge in [-0.05, 0) is 12.8 Å². The molecule has 2 rings (SSSR count). The van der Waals surface area contributed by atoms with E-state index in [4.69, 9.17) is 15.0 Å². The fourth-order valence-electron chi connectivity index (χ4n) is 2.66. The smallest absolute Gasteiger partial charge is 0.246 e. The van der Waals surface area contributed by atoms with E-state index in [1.54, 1.807) is 12.0 Å². The molecule has 2 amide bonds. The van der Waals surface area contributed by atoms with E-state index in [0.29, 0.717) is 50.7 Å². The molecule has 0 radical (unpaired) electrons. The van der Waals surface area contributed by atoms with Crippen LogP contribution < -0.4 is 11.1 Å². The number of ether oxygens (including phenoxy) is 1. The number of nitrogens with zero attached hydrogens (tertiary/aromatic N) is 3. The number of methoxy groups -OCH3 is 1. The summed E-state index contributed by atoms with van der Waals surface area (Å²) in [6.45, 7) is 3.05. The maximum absolute atomic E-state index is 12.4. The van der Waals surface area contributed by atoms with Gasteiger partial charge in [0.2, 0.25) is 17.7 Å². The Balaban J connectivity index is 0.00000312. The molecular formula is C15H26ClN5O4. The first kappa shape index (κ1) is 21.3. The molecule has 25 heavy (non-hydrogen) atoms. The third-order valence-electron chi connectivity index (χ3n) is 4.05. The predicted octanol–water partition coefficient (Wildman–Crippen LogP) is -0.118. The van der Waals surface area contributed by atoms with E-state index in [1.807, 2.05) is 0 Å². The molecule has 0 unspecified atom stereocenters. The van der Waals surface area contributed by atoms with Gasteiger partial charge in [-0.15, -0.1) is 12.4 Å². The predicted molar refractivity (Wildman–Crippen MR) is 91.9 cm³/mol. The molecule has 0 aromatic carbocycles. The number of aromatic nitrogens is 2. The highest BCUT2D eigenvalue weighted by Gasteiger charge is 2.28. The minimum Gasteiger partial charge on any atom is -0.384 e. The van der Waals surface area contributed by atoms with Gasteiger partial charge in [-0.25, -0.2) is 0 Å². The van der Waals surface area contributed by atoms with Gasteiger partial charge in [-0.3, -0.25) is 9.59 Å². The van der Waals surface area contributed by atoms with Gasteiger partial charge in [0.1, 0.15) is 0 Å². The standard InChI is InChI=1S/C15H25N5O4.ClH/c1-10(21)20-8-11(3-4-12(16)9-20)15(22)17-7-14-18-13(19-24-14)5-6-23-2;/h11-12H,3-9,16H2,1-2H3,(H,17,22);1H/t11-,12+;/m1./s1. The molecule has 10 heteroatoms. The zero-order valence-corrected chi connectivity index (χ0v) is 15.4. The first-order valence-corrected chi connectivity index (χ1v) is 8.08. The lowest BCUT2D eigenvalue weighted by Crippen LogP contribution is -2.42. The van der Waals surface area contributed by atoms with Gasteiger partial charge in [0, 0.05) is 39.6 Å². The van der Waals surface area contributed by atoms with Gasteiger partial charge in [0.25, 0.3) is 0 Å². The number of hydrogen-bond donors (Lipinski definition) is 2. The molecule has 1 aromatic rings. The molecule has 0 spiro atoms. The maximum atomic E-state index is 12.4. The largest absolute Gasteiger partial charge is 0.384 e. The van der Waals surface area contributed by atoms with Crippen molar-refractivity contribution >= 4 is 24.2 Å². The number of hydrogen-bond acceptors (Lipinski definition) is 7. The molecule has 0 saturated carbocycles. The van der Waals surface area contributed by atoms with Gasteiger partial charge in [0.15, 0.2) is 5.82 Å². The van der Waals surface area contributed by atoms with Crippen LogP contribution in [0.15, 0.2) is 4.52 Å². The average Bonchev–Trinajstić information content (AvgIpc) is 2.91. The topological polar surface area (TPSA) is 124 Å². The molecule has 3 N–H and O–H groups in total. The first-order valence-electron chi connectivity index (χ1n) is 8.08. The summed E-state index contributed by atoms with van der Waals surface area (Å²) in [5.41, 5.74) is 5.96. The van der Waals surface area contributed by atoms with Crippen molar-refractivity contribution in [1.82, 2.24) is 20.4 Å². The normalized spacial score (nSPS) is 20.5. The Labute approximate surface area is 153 Å². The number of halogens is 1. The lowest BCUT2D eigenvalue weighted by atomic mass is 10.0. The van der Waals surface area contributed by atoms with Crippen molar-refractivity contribution in [2.75, 3.05) is 26.8 Å². The molecule has 2 heterocycles. The lowest BCUT2D eigenvalue weighted by Gasteiger charge is -2.23. The van der Waals surface area contributed by atoms with Crippen LogP contribution in [0.3, 0.4) is 0 Å². The van der Waals surface area contributed by atoms with E-state index < -0.39 is 0 Å². The van der Waals surface area contributed by atoms with Crippen LogP contribution in [0.4, 0.5) is 0 Å². The average molecular weight is 376 g/mol.